The van der Waals surface area contributed by atoms with Crippen molar-refractivity contribution < 1.29 is 13.5 Å². The molecule has 0 atom stereocenters. The molecule has 0 unspecified atom stereocenters. The van der Waals surface area contributed by atoms with Crippen LogP contribution in [0.25, 0.3) is 0 Å². The lowest BCUT2D eigenvalue weighted by Crippen LogP contribution is -2.13. The zero-order chi connectivity index (χ0) is 15.3. The Morgan fingerprint density at radius 2 is 1.86 bits per heavy atom. The summed E-state index contributed by atoms with van der Waals surface area (Å²) < 4.78 is 27.1. The van der Waals surface area contributed by atoms with E-state index in [1.165, 1.54) is 6.07 Å². The fourth-order valence-corrected chi connectivity index (χ4v) is 2.94. The van der Waals surface area contributed by atoms with Gasteiger partial charge in [0.05, 0.1) is 4.90 Å². The van der Waals surface area contributed by atoms with Gasteiger partial charge >= 0.3 is 0 Å². The summed E-state index contributed by atoms with van der Waals surface area (Å²) in [6.45, 7) is 1.55. The van der Waals surface area contributed by atoms with Crippen LogP contribution in [0.1, 0.15) is 11.1 Å². The maximum absolute atomic E-state index is 12.3. The lowest BCUT2D eigenvalue weighted by Gasteiger charge is -2.09. The van der Waals surface area contributed by atoms with Crippen LogP contribution in [-0.4, -0.2) is 20.1 Å². The van der Waals surface area contributed by atoms with E-state index >= 15 is 0 Å². The normalized spacial score (nSPS) is 10.6. The SMILES string of the molecule is Cc1cc(S(=O)(=O)Nc2ccccc2)ccc1C#CCO. The summed E-state index contributed by atoms with van der Waals surface area (Å²) in [5.41, 5.74) is 1.95. The molecule has 2 rings (SSSR count). The van der Waals surface area contributed by atoms with E-state index in [0.717, 1.165) is 5.56 Å². The molecule has 0 aromatic heterocycles. The van der Waals surface area contributed by atoms with Crippen molar-refractivity contribution >= 4 is 15.7 Å². The van der Waals surface area contributed by atoms with Crippen molar-refractivity contribution in [1.82, 2.24) is 0 Å². The number of anilines is 1. The van der Waals surface area contributed by atoms with Crippen LogP contribution in [0.5, 0.6) is 0 Å². The second-order valence-corrected chi connectivity index (χ2v) is 6.09. The van der Waals surface area contributed by atoms with Crippen LogP contribution < -0.4 is 4.72 Å². The number of hydrogen-bond donors (Lipinski definition) is 2. The number of hydrogen-bond acceptors (Lipinski definition) is 3. The second-order valence-electron chi connectivity index (χ2n) is 4.41. The Hall–Kier alpha value is -2.29. The van der Waals surface area contributed by atoms with Crippen LogP contribution in [0.3, 0.4) is 0 Å². The molecule has 0 fully saturated rings. The highest BCUT2D eigenvalue weighted by atomic mass is 32.2. The Balaban J connectivity index is 2.31. The minimum Gasteiger partial charge on any atom is -0.384 e. The Morgan fingerprint density at radius 1 is 1.14 bits per heavy atom. The Labute approximate surface area is 124 Å². The maximum atomic E-state index is 12.3. The van der Waals surface area contributed by atoms with Crippen molar-refractivity contribution in [3.05, 3.63) is 59.7 Å². The van der Waals surface area contributed by atoms with E-state index in [1.54, 1.807) is 43.3 Å². The smallest absolute Gasteiger partial charge is 0.261 e. The standard InChI is InChI=1S/C16H15NO3S/c1-13-12-16(10-9-14(13)6-5-11-18)21(19,20)17-15-7-3-2-4-8-15/h2-4,7-10,12,17-18H,11H2,1H3. The topological polar surface area (TPSA) is 66.4 Å². The van der Waals surface area contributed by atoms with Crippen LogP contribution >= 0.6 is 0 Å². The van der Waals surface area contributed by atoms with Gasteiger partial charge in [-0.05, 0) is 42.8 Å². The minimum absolute atomic E-state index is 0.179. The molecule has 2 aromatic rings. The van der Waals surface area contributed by atoms with Crippen molar-refractivity contribution in [2.45, 2.75) is 11.8 Å². The molecule has 5 heteroatoms. The van der Waals surface area contributed by atoms with Crippen molar-refractivity contribution in [2.24, 2.45) is 0 Å². The van der Waals surface area contributed by atoms with E-state index in [4.69, 9.17) is 5.11 Å². The molecule has 0 spiro atoms. The average molecular weight is 301 g/mol. The summed E-state index contributed by atoms with van der Waals surface area (Å²) >= 11 is 0. The van der Waals surface area contributed by atoms with Crippen molar-refractivity contribution in [1.29, 1.82) is 0 Å². The van der Waals surface area contributed by atoms with Crippen molar-refractivity contribution in [3.63, 3.8) is 0 Å². The Bertz CT molecular complexity index is 787. The highest BCUT2D eigenvalue weighted by Crippen LogP contribution is 2.18. The largest absolute Gasteiger partial charge is 0.384 e. The summed E-state index contributed by atoms with van der Waals surface area (Å²) in [5, 5.41) is 8.69. The molecular weight excluding hydrogens is 286 g/mol. The summed E-state index contributed by atoms with van der Waals surface area (Å²) in [7, 11) is -3.62. The van der Waals surface area contributed by atoms with E-state index in [0.29, 0.717) is 11.3 Å². The number of sulfonamides is 1. The molecule has 0 amide bonds. The first kappa shape index (κ1) is 15.1. The summed E-state index contributed by atoms with van der Waals surface area (Å²) in [5.74, 6) is 5.32. The van der Waals surface area contributed by atoms with E-state index in [1.807, 2.05) is 6.07 Å². The predicted octanol–water partition coefficient (Wildman–Crippen LogP) is 2.14. The number of nitrogens with one attached hydrogen (secondary N) is 1. The molecule has 2 aromatic carbocycles. The molecular formula is C16H15NO3S. The summed E-state index contributed by atoms with van der Waals surface area (Å²) in [4.78, 5) is 0.179. The van der Waals surface area contributed by atoms with Gasteiger partial charge in [-0.15, -0.1) is 0 Å². The van der Waals surface area contributed by atoms with Crippen LogP contribution in [0.15, 0.2) is 53.4 Å². The molecule has 21 heavy (non-hydrogen) atoms. The third-order valence-corrected chi connectivity index (χ3v) is 4.22. The number of aliphatic hydroxyl groups excluding tert-OH is 1. The summed E-state index contributed by atoms with van der Waals surface area (Å²) in [6, 6.07) is 13.4. The van der Waals surface area contributed by atoms with E-state index in [2.05, 4.69) is 16.6 Å². The third kappa shape index (κ3) is 3.85. The molecule has 2 N–H and O–H groups in total. The zero-order valence-electron chi connectivity index (χ0n) is 11.5. The molecule has 0 saturated heterocycles. The maximum Gasteiger partial charge on any atom is 0.261 e. The van der Waals surface area contributed by atoms with E-state index < -0.39 is 10.0 Å². The van der Waals surface area contributed by atoms with Crippen LogP contribution in [-0.2, 0) is 10.0 Å². The fraction of sp³-hybridized carbons (Fsp3) is 0.125. The number of benzene rings is 2. The zero-order valence-corrected chi connectivity index (χ0v) is 12.3. The van der Waals surface area contributed by atoms with Crippen LogP contribution in [0.4, 0.5) is 5.69 Å². The Morgan fingerprint density at radius 3 is 2.48 bits per heavy atom. The number of rotatable bonds is 3. The third-order valence-electron chi connectivity index (χ3n) is 2.84. The molecule has 0 radical (unpaired) electrons. The number of para-hydroxylation sites is 1. The first-order valence-electron chi connectivity index (χ1n) is 6.31. The lowest BCUT2D eigenvalue weighted by atomic mass is 10.1. The van der Waals surface area contributed by atoms with Crippen LogP contribution in [0.2, 0.25) is 0 Å². The van der Waals surface area contributed by atoms with Gasteiger partial charge in [-0.25, -0.2) is 8.42 Å². The Kier molecular flexibility index (Phi) is 4.63. The van der Waals surface area contributed by atoms with Gasteiger partial charge in [-0.2, -0.15) is 0 Å². The van der Waals surface area contributed by atoms with Gasteiger partial charge in [-0.1, -0.05) is 30.0 Å². The molecule has 0 saturated carbocycles. The molecule has 0 aliphatic carbocycles. The van der Waals surface area contributed by atoms with Crippen molar-refractivity contribution in [3.8, 4) is 11.8 Å². The van der Waals surface area contributed by atoms with E-state index in [9.17, 15) is 8.42 Å². The molecule has 108 valence electrons. The van der Waals surface area contributed by atoms with Gasteiger partial charge in [0.1, 0.15) is 6.61 Å². The van der Waals surface area contributed by atoms with Gasteiger partial charge in [0.25, 0.3) is 10.0 Å². The molecule has 0 heterocycles. The first-order chi connectivity index (χ1) is 10.0. The van der Waals surface area contributed by atoms with Crippen molar-refractivity contribution in [2.75, 3.05) is 11.3 Å². The molecule has 4 nitrogen and oxygen atoms in total. The first-order valence-corrected chi connectivity index (χ1v) is 7.79. The molecule has 0 bridgehead atoms. The molecule has 0 aliphatic rings. The fourth-order valence-electron chi connectivity index (χ4n) is 1.80. The van der Waals surface area contributed by atoms with Crippen LogP contribution in [0, 0.1) is 18.8 Å². The van der Waals surface area contributed by atoms with Gasteiger partial charge in [0.2, 0.25) is 0 Å². The lowest BCUT2D eigenvalue weighted by molar-refractivity contribution is 0.350. The van der Waals surface area contributed by atoms with Gasteiger partial charge in [0.15, 0.2) is 0 Å². The van der Waals surface area contributed by atoms with Gasteiger partial charge in [0, 0.05) is 11.3 Å². The van der Waals surface area contributed by atoms with E-state index in [-0.39, 0.29) is 11.5 Å². The summed E-state index contributed by atoms with van der Waals surface area (Å²) in [6.07, 6.45) is 0. The highest BCUT2D eigenvalue weighted by molar-refractivity contribution is 7.92. The number of aliphatic hydroxyl groups is 1. The second kappa shape index (κ2) is 6.44. The van der Waals surface area contributed by atoms with Gasteiger partial charge < -0.3 is 5.11 Å². The predicted molar refractivity (Wildman–Crippen MR) is 82.4 cm³/mol. The minimum atomic E-state index is -3.62. The van der Waals surface area contributed by atoms with Gasteiger partial charge in [-0.3, -0.25) is 4.72 Å². The average Bonchev–Trinajstić information content (AvgIpc) is 2.46. The highest BCUT2D eigenvalue weighted by Gasteiger charge is 2.14. The quantitative estimate of drug-likeness (QED) is 0.854. The monoisotopic (exact) mass is 301 g/mol. The molecule has 0 aliphatic heterocycles. The number of aryl methyl sites for hydroxylation is 1.